The number of hydrogen-bond donors (Lipinski definition) is 1. The van der Waals surface area contributed by atoms with E-state index >= 15 is 0 Å². The molecule has 0 amide bonds. The Hall–Kier alpha value is -0.540. The number of unbranched alkanes of at least 4 members (excludes halogenated alkanes) is 1. The smallest absolute Gasteiger partial charge is 0.0849 e. The number of hydrogen-bond acceptors (Lipinski definition) is 2. The van der Waals surface area contributed by atoms with Gasteiger partial charge in [0.2, 0.25) is 0 Å². The molecule has 0 aromatic carbocycles. The Labute approximate surface area is 103 Å². The summed E-state index contributed by atoms with van der Waals surface area (Å²) in [5.74, 6) is 0. The van der Waals surface area contributed by atoms with Crippen LogP contribution in [0.1, 0.15) is 38.1 Å². The first-order valence-electron chi connectivity index (χ1n) is 6.11. The van der Waals surface area contributed by atoms with E-state index in [4.69, 9.17) is 11.6 Å². The molecule has 1 N–H and O–H groups in total. The molecule has 1 aromatic rings. The number of nitrogens with zero attached hydrogens (tertiary/aromatic N) is 2. The van der Waals surface area contributed by atoms with Crippen LogP contribution in [-0.2, 0) is 19.9 Å². The fraction of sp³-hybridized carbons (Fsp3) is 0.750. The highest BCUT2D eigenvalue weighted by Crippen LogP contribution is 2.22. The summed E-state index contributed by atoms with van der Waals surface area (Å²) in [6, 6.07) is 0. The molecule has 0 unspecified atom stereocenters. The second-order valence-electron chi connectivity index (χ2n) is 4.00. The normalized spacial score (nSPS) is 11.0. The summed E-state index contributed by atoms with van der Waals surface area (Å²) in [6.07, 6.45) is 4.28. The lowest BCUT2D eigenvalue weighted by Crippen LogP contribution is -2.14. The van der Waals surface area contributed by atoms with Gasteiger partial charge in [-0.1, -0.05) is 25.4 Å². The lowest BCUT2D eigenvalue weighted by molar-refractivity contribution is 0.616. The van der Waals surface area contributed by atoms with Crippen LogP contribution in [0.15, 0.2) is 0 Å². The van der Waals surface area contributed by atoms with Gasteiger partial charge in [0.1, 0.15) is 0 Å². The van der Waals surface area contributed by atoms with Gasteiger partial charge in [-0.05, 0) is 38.8 Å². The third-order valence-electron chi connectivity index (χ3n) is 2.77. The van der Waals surface area contributed by atoms with E-state index in [1.807, 2.05) is 11.7 Å². The molecule has 0 aliphatic heterocycles. The summed E-state index contributed by atoms with van der Waals surface area (Å²) in [5.41, 5.74) is 2.20. The van der Waals surface area contributed by atoms with Crippen molar-refractivity contribution in [1.82, 2.24) is 15.1 Å². The van der Waals surface area contributed by atoms with Crippen LogP contribution in [0.3, 0.4) is 0 Å². The van der Waals surface area contributed by atoms with Gasteiger partial charge in [-0.3, -0.25) is 4.68 Å². The summed E-state index contributed by atoms with van der Waals surface area (Å²) in [7, 11) is 1.98. The van der Waals surface area contributed by atoms with E-state index in [2.05, 4.69) is 24.3 Å². The average molecular weight is 244 g/mol. The van der Waals surface area contributed by atoms with Gasteiger partial charge in [0.25, 0.3) is 0 Å². The Balaban J connectivity index is 2.44. The van der Waals surface area contributed by atoms with Crippen molar-refractivity contribution in [2.24, 2.45) is 7.05 Å². The van der Waals surface area contributed by atoms with Crippen LogP contribution in [0.25, 0.3) is 0 Å². The minimum Gasteiger partial charge on any atom is -0.317 e. The van der Waals surface area contributed by atoms with Crippen molar-refractivity contribution < 1.29 is 0 Å². The highest BCUT2D eigenvalue weighted by molar-refractivity contribution is 6.31. The zero-order valence-electron chi connectivity index (χ0n) is 10.5. The van der Waals surface area contributed by atoms with E-state index in [0.717, 1.165) is 43.1 Å². The maximum Gasteiger partial charge on any atom is 0.0849 e. The number of nitrogens with one attached hydrogen (secondary N) is 1. The first-order chi connectivity index (χ1) is 7.70. The van der Waals surface area contributed by atoms with E-state index in [1.165, 1.54) is 12.1 Å². The molecule has 0 spiro atoms. The van der Waals surface area contributed by atoms with E-state index in [9.17, 15) is 0 Å². The summed E-state index contributed by atoms with van der Waals surface area (Å²) in [6.45, 7) is 6.35. The summed E-state index contributed by atoms with van der Waals surface area (Å²) >= 11 is 6.27. The lowest BCUT2D eigenvalue weighted by Gasteiger charge is -2.03. The number of aryl methyl sites for hydroxylation is 2. The van der Waals surface area contributed by atoms with Gasteiger partial charge in [-0.25, -0.2) is 0 Å². The molecular formula is C12H22ClN3. The predicted octanol–water partition coefficient (Wildman–Crippen LogP) is 2.57. The monoisotopic (exact) mass is 243 g/mol. The van der Waals surface area contributed by atoms with Gasteiger partial charge in [0, 0.05) is 7.05 Å². The Morgan fingerprint density at radius 3 is 2.62 bits per heavy atom. The predicted molar refractivity (Wildman–Crippen MR) is 69.1 cm³/mol. The van der Waals surface area contributed by atoms with Crippen LogP contribution < -0.4 is 5.32 Å². The zero-order chi connectivity index (χ0) is 12.0. The van der Waals surface area contributed by atoms with Crippen molar-refractivity contribution in [3.8, 4) is 0 Å². The Bertz CT molecular complexity index is 320. The highest BCUT2D eigenvalue weighted by Gasteiger charge is 2.11. The fourth-order valence-electron chi connectivity index (χ4n) is 1.81. The largest absolute Gasteiger partial charge is 0.317 e. The summed E-state index contributed by atoms with van der Waals surface area (Å²) < 4.78 is 1.93. The van der Waals surface area contributed by atoms with Crippen LogP contribution in [0.4, 0.5) is 0 Å². The van der Waals surface area contributed by atoms with E-state index in [1.54, 1.807) is 0 Å². The highest BCUT2D eigenvalue weighted by atomic mass is 35.5. The number of halogens is 1. The van der Waals surface area contributed by atoms with Gasteiger partial charge in [-0.2, -0.15) is 5.10 Å². The molecular weight excluding hydrogens is 222 g/mol. The van der Waals surface area contributed by atoms with Crippen molar-refractivity contribution in [3.05, 3.63) is 16.4 Å². The Morgan fingerprint density at radius 1 is 1.31 bits per heavy atom. The van der Waals surface area contributed by atoms with Gasteiger partial charge in [-0.15, -0.1) is 0 Å². The van der Waals surface area contributed by atoms with Gasteiger partial charge in [0.15, 0.2) is 0 Å². The van der Waals surface area contributed by atoms with Crippen molar-refractivity contribution in [2.45, 2.75) is 39.5 Å². The number of aromatic nitrogens is 2. The fourth-order valence-corrected chi connectivity index (χ4v) is 2.20. The van der Waals surface area contributed by atoms with Gasteiger partial charge >= 0.3 is 0 Å². The first kappa shape index (κ1) is 13.5. The molecule has 16 heavy (non-hydrogen) atoms. The van der Waals surface area contributed by atoms with E-state index in [0.29, 0.717) is 0 Å². The molecule has 0 bridgehead atoms. The number of rotatable bonds is 7. The maximum absolute atomic E-state index is 6.27. The molecule has 3 nitrogen and oxygen atoms in total. The average Bonchev–Trinajstić information content (AvgIpc) is 2.55. The standard InChI is InChI=1S/C12H22ClN3/c1-4-10-12(13)11(16(3)15-10)8-6-7-9-14-5-2/h14H,4-9H2,1-3H3. The molecule has 0 saturated heterocycles. The molecule has 0 aliphatic rings. The molecule has 1 rings (SSSR count). The minimum absolute atomic E-state index is 0.869. The minimum atomic E-state index is 0.869. The molecule has 1 heterocycles. The zero-order valence-corrected chi connectivity index (χ0v) is 11.3. The Morgan fingerprint density at radius 2 is 2.06 bits per heavy atom. The molecule has 0 radical (unpaired) electrons. The quantitative estimate of drug-likeness (QED) is 0.746. The Kier molecular flexibility index (Phi) is 5.85. The second kappa shape index (κ2) is 6.92. The SMILES string of the molecule is CCNCCCCc1c(Cl)c(CC)nn1C. The van der Waals surface area contributed by atoms with Gasteiger partial charge < -0.3 is 5.32 Å². The maximum atomic E-state index is 6.27. The molecule has 0 saturated carbocycles. The van der Waals surface area contributed by atoms with E-state index < -0.39 is 0 Å². The van der Waals surface area contributed by atoms with Crippen molar-refractivity contribution >= 4 is 11.6 Å². The third kappa shape index (κ3) is 3.49. The van der Waals surface area contributed by atoms with Crippen LogP contribution in [0.2, 0.25) is 5.02 Å². The summed E-state index contributed by atoms with van der Waals surface area (Å²) in [5, 5.41) is 8.61. The molecule has 0 atom stereocenters. The molecule has 1 aromatic heterocycles. The van der Waals surface area contributed by atoms with Gasteiger partial charge in [0.05, 0.1) is 16.4 Å². The van der Waals surface area contributed by atoms with Crippen LogP contribution in [0.5, 0.6) is 0 Å². The lowest BCUT2D eigenvalue weighted by atomic mass is 10.1. The third-order valence-corrected chi connectivity index (χ3v) is 3.21. The molecule has 92 valence electrons. The molecule has 0 aliphatic carbocycles. The van der Waals surface area contributed by atoms with Crippen molar-refractivity contribution in [2.75, 3.05) is 13.1 Å². The first-order valence-corrected chi connectivity index (χ1v) is 6.49. The van der Waals surface area contributed by atoms with E-state index in [-0.39, 0.29) is 0 Å². The summed E-state index contributed by atoms with van der Waals surface area (Å²) in [4.78, 5) is 0. The molecule has 0 fully saturated rings. The van der Waals surface area contributed by atoms with Crippen molar-refractivity contribution in [3.63, 3.8) is 0 Å². The van der Waals surface area contributed by atoms with Crippen molar-refractivity contribution in [1.29, 1.82) is 0 Å². The van der Waals surface area contributed by atoms with Crippen LogP contribution >= 0.6 is 11.6 Å². The van der Waals surface area contributed by atoms with Crippen LogP contribution in [-0.4, -0.2) is 22.9 Å². The second-order valence-corrected chi connectivity index (χ2v) is 4.37. The van der Waals surface area contributed by atoms with Crippen LogP contribution in [0, 0.1) is 0 Å². The topological polar surface area (TPSA) is 29.9 Å². The molecule has 4 heteroatoms.